The van der Waals surface area contributed by atoms with Gasteiger partial charge in [-0.15, -0.1) is 0 Å². The molecule has 248 valence electrons. The minimum absolute atomic E-state index is 0.645. The molecule has 0 saturated carbocycles. The van der Waals surface area contributed by atoms with Crippen molar-refractivity contribution in [2.75, 3.05) is 0 Å². The van der Waals surface area contributed by atoms with E-state index in [0.717, 1.165) is 27.9 Å². The van der Waals surface area contributed by atoms with Gasteiger partial charge in [-0.25, -0.2) is 0 Å². The molecule has 0 spiro atoms. The normalized spacial score (nSPS) is 13.6. The van der Waals surface area contributed by atoms with E-state index in [4.69, 9.17) is 19.9 Å². The quantitative estimate of drug-likeness (QED) is 0.170. The standard InChI is InChI=1S/C46H34N5Si/c1-52(2)41-26-25-34(51-39-19-11-9-17-35(39)36-18-10-12-20-40(36)51)29-38(41)37-27-28-47-42(43(37)52)30-21-23-33(24-22-30)46-49-44(31-13-5-3-6-14-31)48-45(50-46)32-15-7-4-8-16-32/h3-29,52H,1-2H3/q-1. The third-order valence-electron chi connectivity index (χ3n) is 10.8. The molecular weight excluding hydrogens is 651 g/mol. The average molecular weight is 685 g/mol. The van der Waals surface area contributed by atoms with E-state index >= 15 is 0 Å². The average Bonchev–Trinajstić information content (AvgIpc) is 3.67. The zero-order chi connectivity index (χ0) is 34.8. The third kappa shape index (κ3) is 4.76. The van der Waals surface area contributed by atoms with E-state index in [1.165, 1.54) is 49.0 Å². The summed E-state index contributed by atoms with van der Waals surface area (Å²) in [5, 5.41) is 5.44. The molecule has 1 aliphatic rings. The van der Waals surface area contributed by atoms with Crippen LogP contribution in [0.1, 0.15) is 0 Å². The van der Waals surface area contributed by atoms with Crippen molar-refractivity contribution in [3.8, 4) is 62.2 Å². The molecule has 0 unspecified atom stereocenters. The first kappa shape index (κ1) is 30.3. The zero-order valence-corrected chi connectivity index (χ0v) is 30.1. The number of hydrogen-bond donors (Lipinski definition) is 0. The van der Waals surface area contributed by atoms with E-state index in [1.54, 1.807) is 0 Å². The minimum atomic E-state index is -2.47. The summed E-state index contributed by atoms with van der Waals surface area (Å²) in [6.45, 7) is 4.97. The van der Waals surface area contributed by atoms with Gasteiger partial charge in [-0.1, -0.05) is 12.1 Å². The molecule has 0 fully saturated rings. The van der Waals surface area contributed by atoms with Crippen molar-refractivity contribution < 1.29 is 0 Å². The van der Waals surface area contributed by atoms with Crippen molar-refractivity contribution >= 4 is 40.3 Å². The summed E-state index contributed by atoms with van der Waals surface area (Å²) >= 11 is 0. The molecule has 5 nitrogen and oxygen atoms in total. The van der Waals surface area contributed by atoms with Crippen LogP contribution in [-0.2, 0) is 0 Å². The van der Waals surface area contributed by atoms with Crippen LogP contribution in [0.5, 0.6) is 0 Å². The van der Waals surface area contributed by atoms with Crippen LogP contribution in [0.15, 0.2) is 164 Å². The Morgan fingerprint density at radius 2 is 0.962 bits per heavy atom. The van der Waals surface area contributed by atoms with Gasteiger partial charge in [0.2, 0.25) is 0 Å². The van der Waals surface area contributed by atoms with Gasteiger partial charge in [0.05, 0.1) is 0 Å². The van der Waals surface area contributed by atoms with Gasteiger partial charge in [0.25, 0.3) is 0 Å². The molecule has 1 aliphatic heterocycles. The number of hydrogen-bond acceptors (Lipinski definition) is 4. The maximum atomic E-state index is 5.06. The Bertz CT molecular complexity index is 2700. The van der Waals surface area contributed by atoms with E-state index in [0.29, 0.717) is 17.5 Å². The fourth-order valence-electron chi connectivity index (χ4n) is 8.29. The molecule has 4 heterocycles. The van der Waals surface area contributed by atoms with E-state index < -0.39 is 8.07 Å². The van der Waals surface area contributed by atoms with E-state index in [9.17, 15) is 0 Å². The van der Waals surface area contributed by atoms with Crippen LogP contribution in [0.25, 0.3) is 84.0 Å². The predicted octanol–water partition coefficient (Wildman–Crippen LogP) is 9.57. The number of pyridine rings is 1. The fourth-order valence-corrected chi connectivity index (χ4v) is 12.1. The first-order chi connectivity index (χ1) is 25.5. The van der Waals surface area contributed by atoms with Gasteiger partial charge < -0.3 is 0 Å². The Morgan fingerprint density at radius 3 is 1.54 bits per heavy atom. The van der Waals surface area contributed by atoms with Gasteiger partial charge in [-0.05, 0) is 0 Å². The Morgan fingerprint density at radius 1 is 0.462 bits per heavy atom. The Balaban J connectivity index is 1.07. The summed E-state index contributed by atoms with van der Waals surface area (Å²) in [6.07, 6.45) is 1.98. The van der Waals surface area contributed by atoms with E-state index in [2.05, 4.69) is 115 Å². The predicted molar refractivity (Wildman–Crippen MR) is 217 cm³/mol. The van der Waals surface area contributed by atoms with Crippen LogP contribution in [-0.4, -0.2) is 32.6 Å². The molecule has 0 amide bonds. The van der Waals surface area contributed by atoms with Gasteiger partial charge in [0.1, 0.15) is 0 Å². The topological polar surface area (TPSA) is 56.5 Å². The van der Waals surface area contributed by atoms with Crippen molar-refractivity contribution in [3.63, 3.8) is 0 Å². The molecule has 10 rings (SSSR count). The summed E-state index contributed by atoms with van der Waals surface area (Å²) in [6, 6.07) is 55.5. The summed E-state index contributed by atoms with van der Waals surface area (Å²) < 4.78 is 2.41. The molecule has 6 aromatic carbocycles. The van der Waals surface area contributed by atoms with Crippen molar-refractivity contribution in [2.45, 2.75) is 13.1 Å². The molecule has 3 aromatic heterocycles. The number of fused-ring (bicyclic) bond motifs is 6. The first-order valence-corrected chi connectivity index (χ1v) is 21.3. The zero-order valence-electron chi connectivity index (χ0n) is 28.9. The van der Waals surface area contributed by atoms with E-state index in [-0.39, 0.29) is 0 Å². The van der Waals surface area contributed by atoms with Gasteiger partial charge in [0.15, 0.2) is 0 Å². The molecule has 6 heteroatoms. The second-order valence-corrected chi connectivity index (χ2v) is 19.2. The fraction of sp³-hybridized carbons (Fsp3) is 0.0435. The number of benzene rings is 6. The summed E-state index contributed by atoms with van der Waals surface area (Å²) in [5.41, 5.74) is 11.3. The molecule has 9 aromatic rings. The summed E-state index contributed by atoms with van der Waals surface area (Å²) in [5.74, 6) is 1.96. The number of para-hydroxylation sites is 2. The molecule has 52 heavy (non-hydrogen) atoms. The van der Waals surface area contributed by atoms with Crippen molar-refractivity contribution in [2.24, 2.45) is 0 Å². The third-order valence-corrected chi connectivity index (χ3v) is 14.9. The molecule has 0 atom stereocenters. The van der Waals surface area contributed by atoms with Gasteiger partial charge in [-0.3, -0.25) is 0 Å². The van der Waals surface area contributed by atoms with Crippen LogP contribution in [0.2, 0.25) is 13.1 Å². The molecule has 0 saturated heterocycles. The van der Waals surface area contributed by atoms with E-state index in [1.807, 2.05) is 66.9 Å². The first-order valence-electron chi connectivity index (χ1n) is 17.9. The van der Waals surface area contributed by atoms with Gasteiger partial charge >= 0.3 is 292 Å². The second-order valence-electron chi connectivity index (χ2n) is 14.3. The molecule has 0 bridgehead atoms. The monoisotopic (exact) mass is 684 g/mol. The van der Waals surface area contributed by atoms with Crippen LogP contribution in [0.4, 0.5) is 0 Å². The maximum absolute atomic E-state index is 5.06. The van der Waals surface area contributed by atoms with Crippen LogP contribution >= 0.6 is 0 Å². The SMILES string of the molecule is C[SiH-]1(C)c2ccc(-n3c4ccccc4c4ccccc43)cc2-c2ccnc(-c3ccc(-c4nc(-c5ccccc5)nc(-c5ccccc5)n4)cc3)c21. The molecule has 0 aliphatic carbocycles. The molecule has 0 N–H and O–H groups in total. The Kier molecular flexibility index (Phi) is 6.88. The van der Waals surface area contributed by atoms with Gasteiger partial charge in [-0.2, -0.15) is 0 Å². The van der Waals surface area contributed by atoms with Crippen LogP contribution in [0.3, 0.4) is 0 Å². The van der Waals surface area contributed by atoms with Crippen LogP contribution in [0, 0.1) is 0 Å². The number of rotatable bonds is 5. The Labute approximate surface area is 303 Å². The second kappa shape index (κ2) is 11.8. The summed E-state index contributed by atoms with van der Waals surface area (Å²) in [7, 11) is -2.47. The van der Waals surface area contributed by atoms with Crippen molar-refractivity contribution in [1.29, 1.82) is 0 Å². The molecular formula is C46H34N5Si-. The Hall–Kier alpha value is -6.50. The van der Waals surface area contributed by atoms with Crippen molar-refractivity contribution in [3.05, 3.63) is 164 Å². The van der Waals surface area contributed by atoms with Crippen LogP contribution < -0.4 is 10.4 Å². The molecule has 0 radical (unpaired) electrons. The number of nitrogens with zero attached hydrogens (tertiary/aromatic N) is 5. The summed E-state index contributed by atoms with van der Waals surface area (Å²) in [4.78, 5) is 19.8. The van der Waals surface area contributed by atoms with Gasteiger partial charge in [0, 0.05) is 0 Å². The number of aromatic nitrogens is 5. The van der Waals surface area contributed by atoms with Crippen molar-refractivity contribution in [1.82, 2.24) is 24.5 Å².